The van der Waals surface area contributed by atoms with Crippen LogP contribution in [0.3, 0.4) is 0 Å². The van der Waals surface area contributed by atoms with Crippen molar-refractivity contribution in [3.8, 4) is 0 Å². The SMILES string of the molecule is O=C1CC(c2ccccc2)CC(=O)N1CCCN1CCN2c3ccccc3CCC2C1. The largest absolute Gasteiger partial charge is 0.366 e. The molecule has 0 radical (unpaired) electrons. The van der Waals surface area contributed by atoms with Crippen LogP contribution in [-0.4, -0.2) is 60.4 Å². The van der Waals surface area contributed by atoms with Gasteiger partial charge < -0.3 is 4.90 Å². The maximum Gasteiger partial charge on any atom is 0.229 e. The summed E-state index contributed by atoms with van der Waals surface area (Å²) in [5.41, 5.74) is 3.98. The molecule has 0 bridgehead atoms. The minimum atomic E-state index is -0.0150. The zero-order chi connectivity index (χ0) is 21.2. The maximum atomic E-state index is 12.7. The number of likely N-dealkylation sites (tertiary alicyclic amines) is 1. The number of benzene rings is 2. The van der Waals surface area contributed by atoms with Gasteiger partial charge in [0.15, 0.2) is 0 Å². The van der Waals surface area contributed by atoms with Gasteiger partial charge in [0.05, 0.1) is 0 Å². The highest BCUT2D eigenvalue weighted by Crippen LogP contribution is 2.33. The van der Waals surface area contributed by atoms with Crippen molar-refractivity contribution in [2.75, 3.05) is 37.6 Å². The molecule has 1 unspecified atom stereocenters. The van der Waals surface area contributed by atoms with Gasteiger partial charge in [0.25, 0.3) is 0 Å². The first-order valence-corrected chi connectivity index (χ1v) is 11.6. The van der Waals surface area contributed by atoms with Crippen LogP contribution in [0.5, 0.6) is 0 Å². The van der Waals surface area contributed by atoms with E-state index in [1.807, 2.05) is 30.3 Å². The quantitative estimate of drug-likeness (QED) is 0.699. The summed E-state index contributed by atoms with van der Waals surface area (Å²) >= 11 is 0. The third-order valence-corrected chi connectivity index (χ3v) is 7.19. The van der Waals surface area contributed by atoms with Gasteiger partial charge in [-0.25, -0.2) is 0 Å². The number of carbonyl (C=O) groups excluding carboxylic acids is 2. The first kappa shape index (κ1) is 20.3. The summed E-state index contributed by atoms with van der Waals surface area (Å²) in [5.74, 6) is -0.00248. The number of piperidine rings is 1. The van der Waals surface area contributed by atoms with Crippen LogP contribution in [0.25, 0.3) is 0 Å². The first-order valence-electron chi connectivity index (χ1n) is 11.6. The summed E-state index contributed by atoms with van der Waals surface area (Å²) in [6, 6.07) is 19.3. The van der Waals surface area contributed by atoms with Gasteiger partial charge in [0.2, 0.25) is 11.8 Å². The fourth-order valence-corrected chi connectivity index (χ4v) is 5.53. The molecule has 2 amide bonds. The molecule has 2 fully saturated rings. The van der Waals surface area contributed by atoms with Gasteiger partial charge in [-0.3, -0.25) is 19.4 Å². The van der Waals surface area contributed by atoms with E-state index in [0.29, 0.717) is 25.4 Å². The van der Waals surface area contributed by atoms with Gasteiger partial charge in [0, 0.05) is 56.7 Å². The number of piperazine rings is 1. The number of fused-ring (bicyclic) bond motifs is 3. The van der Waals surface area contributed by atoms with E-state index < -0.39 is 0 Å². The molecule has 5 rings (SSSR count). The molecule has 1 atom stereocenters. The van der Waals surface area contributed by atoms with E-state index in [0.717, 1.165) is 44.6 Å². The number of anilines is 1. The highest BCUT2D eigenvalue weighted by Gasteiger charge is 2.34. The molecule has 5 heteroatoms. The van der Waals surface area contributed by atoms with Crippen LogP contribution in [-0.2, 0) is 16.0 Å². The summed E-state index contributed by atoms with van der Waals surface area (Å²) in [5, 5.41) is 0. The normalized spacial score (nSPS) is 22.4. The van der Waals surface area contributed by atoms with Crippen LogP contribution in [0.15, 0.2) is 54.6 Å². The average Bonchev–Trinajstić information content (AvgIpc) is 2.81. The van der Waals surface area contributed by atoms with Gasteiger partial charge in [-0.2, -0.15) is 0 Å². The molecule has 0 aromatic heterocycles. The molecule has 2 saturated heterocycles. The van der Waals surface area contributed by atoms with E-state index in [9.17, 15) is 9.59 Å². The van der Waals surface area contributed by atoms with E-state index in [1.165, 1.54) is 22.6 Å². The summed E-state index contributed by atoms with van der Waals surface area (Å²) in [7, 11) is 0. The summed E-state index contributed by atoms with van der Waals surface area (Å²) in [6.07, 6.45) is 4.10. The van der Waals surface area contributed by atoms with Gasteiger partial charge in [-0.15, -0.1) is 0 Å². The van der Waals surface area contributed by atoms with Crippen LogP contribution < -0.4 is 4.90 Å². The number of hydrogen-bond donors (Lipinski definition) is 0. The number of rotatable bonds is 5. The maximum absolute atomic E-state index is 12.7. The van der Waals surface area contributed by atoms with E-state index in [2.05, 4.69) is 34.1 Å². The molecule has 0 spiro atoms. The molecule has 0 saturated carbocycles. The van der Waals surface area contributed by atoms with Gasteiger partial charge in [-0.1, -0.05) is 48.5 Å². The van der Waals surface area contributed by atoms with Crippen LogP contribution in [0.4, 0.5) is 5.69 Å². The second kappa shape index (κ2) is 8.83. The Bertz CT molecular complexity index is 927. The fraction of sp³-hybridized carbons (Fsp3) is 0.462. The molecule has 2 aromatic rings. The Kier molecular flexibility index (Phi) is 5.77. The lowest BCUT2D eigenvalue weighted by atomic mass is 9.88. The molecule has 0 N–H and O–H groups in total. The summed E-state index contributed by atoms with van der Waals surface area (Å²) in [4.78, 5) is 31.9. The molecule has 31 heavy (non-hydrogen) atoms. The Hall–Kier alpha value is -2.66. The van der Waals surface area contributed by atoms with Gasteiger partial charge in [-0.05, 0) is 43.0 Å². The van der Waals surface area contributed by atoms with Gasteiger partial charge in [0.1, 0.15) is 0 Å². The lowest BCUT2D eigenvalue weighted by molar-refractivity contribution is -0.148. The fourth-order valence-electron chi connectivity index (χ4n) is 5.53. The number of amides is 2. The Morgan fingerprint density at radius 1 is 0.839 bits per heavy atom. The van der Waals surface area contributed by atoms with Crippen molar-refractivity contribution in [2.24, 2.45) is 0 Å². The highest BCUT2D eigenvalue weighted by atomic mass is 16.2. The van der Waals surface area contributed by atoms with E-state index in [4.69, 9.17) is 0 Å². The topological polar surface area (TPSA) is 43.9 Å². The number of hydrogen-bond acceptors (Lipinski definition) is 4. The monoisotopic (exact) mass is 417 g/mol. The molecule has 162 valence electrons. The number of carbonyl (C=O) groups is 2. The van der Waals surface area contributed by atoms with Crippen molar-refractivity contribution in [2.45, 2.75) is 44.1 Å². The van der Waals surface area contributed by atoms with Crippen LogP contribution >= 0.6 is 0 Å². The number of para-hydroxylation sites is 1. The Labute approximate surface area is 184 Å². The van der Waals surface area contributed by atoms with Crippen molar-refractivity contribution < 1.29 is 9.59 Å². The molecule has 5 nitrogen and oxygen atoms in total. The standard InChI is InChI=1S/C26H31N3O2/c30-25-17-22(20-7-2-1-3-8-20)18-26(31)29(25)14-6-13-27-15-16-28-23(19-27)12-11-21-9-4-5-10-24(21)28/h1-5,7-10,22-23H,6,11-19H2. The van der Waals surface area contributed by atoms with E-state index in [1.54, 1.807) is 0 Å². The molecule has 3 aliphatic heterocycles. The molecule has 0 aliphatic carbocycles. The molecule has 3 heterocycles. The molecule has 3 aliphatic rings. The second-order valence-electron chi connectivity index (χ2n) is 9.12. The third-order valence-electron chi connectivity index (χ3n) is 7.19. The number of aryl methyl sites for hydroxylation is 1. The van der Waals surface area contributed by atoms with Crippen LogP contribution in [0.1, 0.15) is 42.7 Å². The van der Waals surface area contributed by atoms with Crippen LogP contribution in [0, 0.1) is 0 Å². The third kappa shape index (κ3) is 4.24. The van der Waals surface area contributed by atoms with Crippen molar-refractivity contribution in [3.05, 3.63) is 65.7 Å². The first-order chi connectivity index (χ1) is 15.2. The van der Waals surface area contributed by atoms with Gasteiger partial charge >= 0.3 is 0 Å². The Morgan fingerprint density at radius 3 is 2.39 bits per heavy atom. The zero-order valence-electron chi connectivity index (χ0n) is 18.1. The number of nitrogens with zero attached hydrogens (tertiary/aromatic N) is 3. The summed E-state index contributed by atoms with van der Waals surface area (Å²) in [6.45, 7) is 4.68. The Morgan fingerprint density at radius 2 is 1.58 bits per heavy atom. The summed E-state index contributed by atoms with van der Waals surface area (Å²) < 4.78 is 0. The van der Waals surface area contributed by atoms with E-state index >= 15 is 0 Å². The molecular weight excluding hydrogens is 386 g/mol. The zero-order valence-corrected chi connectivity index (χ0v) is 18.1. The second-order valence-corrected chi connectivity index (χ2v) is 9.12. The lowest BCUT2D eigenvalue weighted by Crippen LogP contribution is -2.55. The lowest BCUT2D eigenvalue weighted by Gasteiger charge is -2.46. The van der Waals surface area contributed by atoms with Crippen molar-refractivity contribution in [3.63, 3.8) is 0 Å². The highest BCUT2D eigenvalue weighted by molar-refractivity contribution is 5.98. The van der Waals surface area contributed by atoms with Crippen molar-refractivity contribution in [1.82, 2.24) is 9.80 Å². The number of imide groups is 1. The predicted molar refractivity (Wildman–Crippen MR) is 122 cm³/mol. The van der Waals surface area contributed by atoms with Crippen LogP contribution in [0.2, 0.25) is 0 Å². The molecule has 2 aromatic carbocycles. The van der Waals surface area contributed by atoms with Crippen molar-refractivity contribution >= 4 is 17.5 Å². The minimum Gasteiger partial charge on any atom is -0.366 e. The smallest absolute Gasteiger partial charge is 0.229 e. The minimum absolute atomic E-state index is 0.0150. The predicted octanol–water partition coefficient (Wildman–Crippen LogP) is 3.45. The molecular formula is C26H31N3O2. The van der Waals surface area contributed by atoms with E-state index in [-0.39, 0.29) is 17.7 Å². The Balaban J connectivity index is 1.11. The average molecular weight is 418 g/mol. The van der Waals surface area contributed by atoms with Crippen molar-refractivity contribution in [1.29, 1.82) is 0 Å².